The zero-order valence-electron chi connectivity index (χ0n) is 15.4. The summed E-state index contributed by atoms with van der Waals surface area (Å²) in [6.07, 6.45) is 0.615. The second-order valence-electron chi connectivity index (χ2n) is 6.87. The number of likely N-dealkylation sites (tertiary alicyclic amines) is 1. The quantitative estimate of drug-likeness (QED) is 0.730. The predicted octanol–water partition coefficient (Wildman–Crippen LogP) is 3.36. The van der Waals surface area contributed by atoms with Crippen LogP contribution in [0.1, 0.15) is 17.5 Å². The van der Waals surface area contributed by atoms with Gasteiger partial charge in [0.1, 0.15) is 17.3 Å². The first-order valence-corrected chi connectivity index (χ1v) is 9.02. The summed E-state index contributed by atoms with van der Waals surface area (Å²) in [7, 11) is 1.59. The molecule has 1 N–H and O–H groups in total. The van der Waals surface area contributed by atoms with Crippen LogP contribution in [0.15, 0.2) is 42.5 Å². The average molecular weight is 373 g/mol. The van der Waals surface area contributed by atoms with Crippen LogP contribution in [-0.4, -0.2) is 42.8 Å². The Morgan fingerprint density at radius 3 is 2.81 bits per heavy atom. The fourth-order valence-corrected chi connectivity index (χ4v) is 3.28. The van der Waals surface area contributed by atoms with Crippen LogP contribution in [-0.2, 0) is 17.8 Å². The van der Waals surface area contributed by atoms with E-state index in [1.165, 1.54) is 12.1 Å². The number of carboxylic acids is 1. The van der Waals surface area contributed by atoms with Crippen molar-refractivity contribution in [1.29, 1.82) is 0 Å². The number of carbonyl (C=O) groups is 1. The Balaban J connectivity index is 1.44. The molecule has 2 aromatic carbocycles. The molecular weight excluding hydrogens is 349 g/mol. The Kier molecular flexibility index (Phi) is 6.29. The molecule has 0 amide bonds. The van der Waals surface area contributed by atoms with Crippen LogP contribution in [0.3, 0.4) is 0 Å². The van der Waals surface area contributed by atoms with E-state index < -0.39 is 5.97 Å². The van der Waals surface area contributed by atoms with Crippen molar-refractivity contribution in [3.8, 4) is 11.5 Å². The summed E-state index contributed by atoms with van der Waals surface area (Å²) < 4.78 is 24.6. The zero-order chi connectivity index (χ0) is 19.2. The number of benzene rings is 2. The summed E-state index contributed by atoms with van der Waals surface area (Å²) >= 11 is 0. The first-order chi connectivity index (χ1) is 13.0. The van der Waals surface area contributed by atoms with E-state index in [9.17, 15) is 9.18 Å². The summed E-state index contributed by atoms with van der Waals surface area (Å²) in [4.78, 5) is 12.9. The smallest absolute Gasteiger partial charge is 0.303 e. The van der Waals surface area contributed by atoms with E-state index in [-0.39, 0.29) is 12.2 Å². The number of nitrogens with zero attached hydrogens (tertiary/aromatic N) is 1. The topological polar surface area (TPSA) is 59.0 Å². The summed E-state index contributed by atoms with van der Waals surface area (Å²) in [6.45, 7) is 3.04. The molecule has 144 valence electrons. The molecule has 27 heavy (non-hydrogen) atoms. The van der Waals surface area contributed by atoms with Gasteiger partial charge < -0.3 is 14.6 Å². The van der Waals surface area contributed by atoms with Crippen molar-refractivity contribution in [3.05, 3.63) is 59.4 Å². The maximum absolute atomic E-state index is 13.4. The largest absolute Gasteiger partial charge is 0.496 e. The normalized spacial score (nSPS) is 14.6. The highest BCUT2D eigenvalue weighted by Crippen LogP contribution is 2.26. The van der Waals surface area contributed by atoms with E-state index in [0.29, 0.717) is 31.2 Å². The first-order valence-electron chi connectivity index (χ1n) is 9.02. The molecule has 0 unspecified atom stereocenters. The lowest BCUT2D eigenvalue weighted by molar-refractivity contribution is -0.136. The van der Waals surface area contributed by atoms with Crippen LogP contribution in [0.2, 0.25) is 0 Å². The molecule has 0 saturated carbocycles. The number of hydrogen-bond acceptors (Lipinski definition) is 4. The van der Waals surface area contributed by atoms with Gasteiger partial charge in [-0.15, -0.1) is 0 Å². The van der Waals surface area contributed by atoms with E-state index in [0.717, 1.165) is 30.0 Å². The van der Waals surface area contributed by atoms with Crippen LogP contribution < -0.4 is 9.47 Å². The van der Waals surface area contributed by atoms with Gasteiger partial charge in [-0.25, -0.2) is 4.39 Å². The third-order valence-corrected chi connectivity index (χ3v) is 4.68. The lowest BCUT2D eigenvalue weighted by atomic mass is 10.00. The van der Waals surface area contributed by atoms with Gasteiger partial charge in [-0.05, 0) is 42.3 Å². The molecule has 1 aliphatic rings. The van der Waals surface area contributed by atoms with Crippen molar-refractivity contribution < 1.29 is 23.8 Å². The fourth-order valence-electron chi connectivity index (χ4n) is 3.28. The number of hydrogen-bond donors (Lipinski definition) is 1. The van der Waals surface area contributed by atoms with E-state index in [1.807, 2.05) is 24.3 Å². The summed E-state index contributed by atoms with van der Waals surface area (Å²) in [6, 6.07) is 12.2. The maximum Gasteiger partial charge on any atom is 0.303 e. The Hall–Kier alpha value is -2.60. The molecule has 1 fully saturated rings. The molecule has 1 heterocycles. The summed E-state index contributed by atoms with van der Waals surface area (Å²) in [5.41, 5.74) is 1.81. The van der Waals surface area contributed by atoms with Crippen molar-refractivity contribution in [2.45, 2.75) is 19.4 Å². The highest BCUT2D eigenvalue weighted by molar-refractivity contribution is 5.67. The van der Waals surface area contributed by atoms with Crippen LogP contribution in [0.5, 0.6) is 11.5 Å². The first kappa shape index (κ1) is 19.2. The SMILES string of the molecule is COc1ccc(F)cc1CN1CC(COc2cccc(CCC(=O)O)c2)C1. The zero-order valence-corrected chi connectivity index (χ0v) is 15.4. The second-order valence-corrected chi connectivity index (χ2v) is 6.87. The lowest BCUT2D eigenvalue weighted by Crippen LogP contribution is -2.48. The molecule has 6 heteroatoms. The maximum atomic E-state index is 13.4. The van der Waals surface area contributed by atoms with Crippen molar-refractivity contribution in [3.63, 3.8) is 0 Å². The van der Waals surface area contributed by atoms with Crippen LogP contribution in [0.25, 0.3) is 0 Å². The minimum atomic E-state index is -0.800. The molecule has 0 aromatic heterocycles. The fraction of sp³-hybridized carbons (Fsp3) is 0.381. The lowest BCUT2D eigenvalue weighted by Gasteiger charge is -2.39. The molecule has 0 bridgehead atoms. The van der Waals surface area contributed by atoms with Crippen LogP contribution >= 0.6 is 0 Å². The van der Waals surface area contributed by atoms with E-state index in [2.05, 4.69) is 4.90 Å². The number of rotatable bonds is 9. The highest BCUT2D eigenvalue weighted by Gasteiger charge is 2.28. The highest BCUT2D eigenvalue weighted by atomic mass is 19.1. The van der Waals surface area contributed by atoms with Crippen molar-refractivity contribution in [2.75, 3.05) is 26.8 Å². The third-order valence-electron chi connectivity index (χ3n) is 4.68. The monoisotopic (exact) mass is 373 g/mol. The Morgan fingerprint density at radius 2 is 2.07 bits per heavy atom. The van der Waals surface area contributed by atoms with Gasteiger partial charge in [-0.1, -0.05) is 12.1 Å². The van der Waals surface area contributed by atoms with Gasteiger partial charge in [-0.3, -0.25) is 9.69 Å². The summed E-state index contributed by atoms with van der Waals surface area (Å²) in [5, 5.41) is 8.77. The second kappa shape index (κ2) is 8.86. The number of halogens is 1. The number of aliphatic carboxylic acids is 1. The van der Waals surface area contributed by atoms with Gasteiger partial charge in [-0.2, -0.15) is 0 Å². The van der Waals surface area contributed by atoms with Gasteiger partial charge >= 0.3 is 5.97 Å². The Labute approximate surface area is 158 Å². The van der Waals surface area contributed by atoms with Crippen LogP contribution in [0.4, 0.5) is 4.39 Å². The van der Waals surface area contributed by atoms with E-state index in [1.54, 1.807) is 13.2 Å². The number of ether oxygens (including phenoxy) is 2. The molecule has 1 aliphatic heterocycles. The molecule has 0 atom stereocenters. The van der Waals surface area contributed by atoms with Gasteiger partial charge in [0.2, 0.25) is 0 Å². The number of carboxylic acid groups (broad SMARTS) is 1. The Bertz CT molecular complexity index is 790. The molecule has 0 spiro atoms. The van der Waals surface area contributed by atoms with Gasteiger partial charge in [0, 0.05) is 37.5 Å². The van der Waals surface area contributed by atoms with E-state index >= 15 is 0 Å². The van der Waals surface area contributed by atoms with Gasteiger partial charge in [0.25, 0.3) is 0 Å². The Morgan fingerprint density at radius 1 is 1.26 bits per heavy atom. The molecule has 3 rings (SSSR count). The molecule has 5 nitrogen and oxygen atoms in total. The minimum Gasteiger partial charge on any atom is -0.496 e. The molecule has 1 saturated heterocycles. The number of methoxy groups -OCH3 is 1. The third kappa shape index (κ3) is 5.44. The average Bonchev–Trinajstić information content (AvgIpc) is 2.62. The minimum absolute atomic E-state index is 0.116. The standard InChI is InChI=1S/C21H24FNO4/c1-26-20-7-6-18(22)10-17(20)13-23-11-16(12-23)14-27-19-4-2-3-15(9-19)5-8-21(24)25/h2-4,6-7,9-10,16H,5,8,11-14H2,1H3,(H,24,25). The van der Waals surface area contributed by atoms with Crippen molar-refractivity contribution in [1.82, 2.24) is 4.90 Å². The molecule has 0 aliphatic carbocycles. The van der Waals surface area contributed by atoms with Crippen molar-refractivity contribution in [2.24, 2.45) is 5.92 Å². The number of aryl methyl sites for hydroxylation is 1. The summed E-state index contributed by atoms with van der Waals surface area (Å²) in [5.74, 6) is 0.837. The van der Waals surface area contributed by atoms with Gasteiger partial charge in [0.15, 0.2) is 0 Å². The molecule has 0 radical (unpaired) electrons. The van der Waals surface area contributed by atoms with Crippen molar-refractivity contribution >= 4 is 5.97 Å². The predicted molar refractivity (Wildman–Crippen MR) is 99.6 cm³/mol. The molecular formula is C21H24FNO4. The van der Waals surface area contributed by atoms with Gasteiger partial charge in [0.05, 0.1) is 13.7 Å². The van der Waals surface area contributed by atoms with Crippen LogP contribution in [0, 0.1) is 11.7 Å². The molecule has 2 aromatic rings. The van der Waals surface area contributed by atoms with E-state index in [4.69, 9.17) is 14.6 Å².